The van der Waals surface area contributed by atoms with Crippen LogP contribution in [0, 0.1) is 0 Å². The van der Waals surface area contributed by atoms with Crippen molar-refractivity contribution in [3.63, 3.8) is 0 Å². The van der Waals surface area contributed by atoms with Crippen LogP contribution < -0.4 is 5.56 Å². The van der Waals surface area contributed by atoms with Gasteiger partial charge in [-0.05, 0) is 29.8 Å². The third-order valence-electron chi connectivity index (χ3n) is 3.54. The second-order valence-corrected chi connectivity index (χ2v) is 6.79. The molecule has 0 spiro atoms. The van der Waals surface area contributed by atoms with Gasteiger partial charge in [-0.25, -0.2) is 4.98 Å². The van der Waals surface area contributed by atoms with Crippen molar-refractivity contribution < 1.29 is 4.42 Å². The van der Waals surface area contributed by atoms with Crippen LogP contribution in [0.25, 0.3) is 21.5 Å². The van der Waals surface area contributed by atoms with E-state index in [0.29, 0.717) is 31.6 Å². The molecule has 4 rings (SSSR count). The first-order valence-corrected chi connectivity index (χ1v) is 8.79. The zero-order chi connectivity index (χ0) is 17.4. The molecule has 0 N–H and O–H groups in total. The highest BCUT2D eigenvalue weighted by atomic mass is 35.5. The fourth-order valence-electron chi connectivity index (χ4n) is 2.34. The minimum atomic E-state index is -0.269. The van der Waals surface area contributed by atoms with Crippen LogP contribution in [0.4, 0.5) is 0 Å². The molecule has 0 saturated heterocycles. The van der Waals surface area contributed by atoms with Gasteiger partial charge in [-0.1, -0.05) is 29.3 Å². The van der Waals surface area contributed by atoms with Gasteiger partial charge in [-0.2, -0.15) is 9.78 Å². The SMILES string of the molecule is O=c1c2c(-c3ccco3)csc2ncn1/N=C\c1ccc(Cl)c(Cl)c1. The number of hydrogen-bond donors (Lipinski definition) is 0. The number of nitrogens with zero attached hydrogens (tertiary/aromatic N) is 3. The number of benzene rings is 1. The summed E-state index contributed by atoms with van der Waals surface area (Å²) in [6.07, 6.45) is 4.48. The van der Waals surface area contributed by atoms with E-state index in [1.807, 2.05) is 5.38 Å². The molecular formula is C17H9Cl2N3O2S. The molecule has 0 aliphatic carbocycles. The number of furan rings is 1. The van der Waals surface area contributed by atoms with Crippen LogP contribution in [-0.4, -0.2) is 15.9 Å². The standard InChI is InChI=1S/C17H9Cl2N3O2S/c18-12-4-3-10(6-13(12)19)7-21-22-9-20-16-15(17(22)23)11(8-25-16)14-2-1-5-24-14/h1-9H/b21-7-. The quantitative estimate of drug-likeness (QED) is 0.467. The monoisotopic (exact) mass is 389 g/mol. The van der Waals surface area contributed by atoms with Crippen molar-refractivity contribution in [1.29, 1.82) is 0 Å². The molecule has 25 heavy (non-hydrogen) atoms. The van der Waals surface area contributed by atoms with Crippen molar-refractivity contribution in [3.8, 4) is 11.3 Å². The summed E-state index contributed by atoms with van der Waals surface area (Å²) in [4.78, 5) is 17.7. The van der Waals surface area contributed by atoms with Crippen LogP contribution >= 0.6 is 34.5 Å². The lowest BCUT2D eigenvalue weighted by molar-refractivity contribution is 0.583. The van der Waals surface area contributed by atoms with Crippen LogP contribution in [-0.2, 0) is 0 Å². The molecule has 3 aromatic heterocycles. The highest BCUT2D eigenvalue weighted by Crippen LogP contribution is 2.30. The Kier molecular flexibility index (Phi) is 4.17. The van der Waals surface area contributed by atoms with Crippen LogP contribution in [0.3, 0.4) is 0 Å². The van der Waals surface area contributed by atoms with Gasteiger partial charge in [0.25, 0.3) is 5.56 Å². The Morgan fingerprint density at radius 2 is 2.12 bits per heavy atom. The summed E-state index contributed by atoms with van der Waals surface area (Å²) in [5, 5.41) is 7.40. The molecule has 0 bridgehead atoms. The molecule has 0 amide bonds. The predicted molar refractivity (Wildman–Crippen MR) is 101 cm³/mol. The average molecular weight is 390 g/mol. The van der Waals surface area contributed by atoms with E-state index in [2.05, 4.69) is 10.1 Å². The van der Waals surface area contributed by atoms with Crippen molar-refractivity contribution in [2.75, 3.05) is 0 Å². The third kappa shape index (κ3) is 3.00. The first-order valence-electron chi connectivity index (χ1n) is 7.15. The highest BCUT2D eigenvalue weighted by molar-refractivity contribution is 7.17. The maximum atomic E-state index is 12.8. The van der Waals surface area contributed by atoms with Gasteiger partial charge < -0.3 is 4.42 Å². The van der Waals surface area contributed by atoms with E-state index >= 15 is 0 Å². The molecule has 3 heterocycles. The molecule has 1 aromatic carbocycles. The van der Waals surface area contributed by atoms with Gasteiger partial charge in [-0.15, -0.1) is 11.3 Å². The minimum absolute atomic E-state index is 0.269. The van der Waals surface area contributed by atoms with Crippen molar-refractivity contribution in [2.24, 2.45) is 5.10 Å². The number of fused-ring (bicyclic) bond motifs is 1. The maximum absolute atomic E-state index is 12.8. The lowest BCUT2D eigenvalue weighted by atomic mass is 10.2. The Morgan fingerprint density at radius 1 is 1.24 bits per heavy atom. The molecular weight excluding hydrogens is 381 g/mol. The van der Waals surface area contributed by atoms with Gasteiger partial charge in [0, 0.05) is 10.9 Å². The normalized spacial score (nSPS) is 11.6. The number of aromatic nitrogens is 2. The van der Waals surface area contributed by atoms with Gasteiger partial charge >= 0.3 is 0 Å². The zero-order valence-corrected chi connectivity index (χ0v) is 14.8. The van der Waals surface area contributed by atoms with E-state index in [4.69, 9.17) is 27.6 Å². The van der Waals surface area contributed by atoms with E-state index in [1.165, 1.54) is 28.6 Å². The molecule has 5 nitrogen and oxygen atoms in total. The fourth-order valence-corrected chi connectivity index (χ4v) is 3.53. The summed E-state index contributed by atoms with van der Waals surface area (Å²) in [5.74, 6) is 0.622. The van der Waals surface area contributed by atoms with Crippen LogP contribution in [0.2, 0.25) is 10.0 Å². The van der Waals surface area contributed by atoms with Crippen molar-refractivity contribution >= 4 is 51.0 Å². The molecule has 0 unspecified atom stereocenters. The summed E-state index contributed by atoms with van der Waals surface area (Å²) in [7, 11) is 0. The zero-order valence-electron chi connectivity index (χ0n) is 12.5. The third-order valence-corrected chi connectivity index (χ3v) is 5.16. The molecule has 0 aliphatic rings. The van der Waals surface area contributed by atoms with E-state index in [-0.39, 0.29) is 5.56 Å². The van der Waals surface area contributed by atoms with E-state index in [0.717, 1.165) is 5.56 Å². The highest BCUT2D eigenvalue weighted by Gasteiger charge is 2.14. The van der Waals surface area contributed by atoms with Crippen LogP contribution in [0.15, 0.2) is 62.6 Å². The minimum Gasteiger partial charge on any atom is -0.464 e. The molecule has 124 valence electrons. The molecule has 8 heteroatoms. The van der Waals surface area contributed by atoms with Gasteiger partial charge in [0.1, 0.15) is 16.9 Å². The Balaban J connectivity index is 1.79. The lowest BCUT2D eigenvalue weighted by Crippen LogP contribution is -2.16. The van der Waals surface area contributed by atoms with E-state index in [1.54, 1.807) is 36.6 Å². The molecule has 0 atom stereocenters. The van der Waals surface area contributed by atoms with E-state index < -0.39 is 0 Å². The smallest absolute Gasteiger partial charge is 0.283 e. The number of halogens is 2. The van der Waals surface area contributed by atoms with Crippen LogP contribution in [0.1, 0.15) is 5.56 Å². The van der Waals surface area contributed by atoms with Crippen molar-refractivity contribution in [2.45, 2.75) is 0 Å². The van der Waals surface area contributed by atoms with Gasteiger partial charge in [-0.3, -0.25) is 4.79 Å². The second-order valence-electron chi connectivity index (χ2n) is 5.12. The summed E-state index contributed by atoms with van der Waals surface area (Å²) in [6, 6.07) is 8.67. The molecule has 0 fully saturated rings. The maximum Gasteiger partial charge on any atom is 0.283 e. The lowest BCUT2D eigenvalue weighted by Gasteiger charge is -2.00. The topological polar surface area (TPSA) is 60.4 Å². The summed E-state index contributed by atoms with van der Waals surface area (Å²) in [5.41, 5.74) is 1.16. The summed E-state index contributed by atoms with van der Waals surface area (Å²) >= 11 is 13.3. The Hall–Kier alpha value is -2.41. The van der Waals surface area contributed by atoms with Gasteiger partial charge in [0.05, 0.1) is 27.9 Å². The molecule has 0 aliphatic heterocycles. The molecule has 0 radical (unpaired) electrons. The Labute approximate surface area is 155 Å². The fraction of sp³-hybridized carbons (Fsp3) is 0. The van der Waals surface area contributed by atoms with Crippen molar-refractivity contribution in [3.05, 3.63) is 74.3 Å². The van der Waals surface area contributed by atoms with Crippen LogP contribution in [0.5, 0.6) is 0 Å². The van der Waals surface area contributed by atoms with E-state index in [9.17, 15) is 4.79 Å². The Morgan fingerprint density at radius 3 is 2.88 bits per heavy atom. The Bertz CT molecular complexity index is 1150. The number of hydrogen-bond acceptors (Lipinski definition) is 5. The van der Waals surface area contributed by atoms with Gasteiger partial charge in [0.2, 0.25) is 0 Å². The predicted octanol–water partition coefficient (Wildman–Crippen LogP) is 4.91. The second kappa shape index (κ2) is 6.48. The largest absolute Gasteiger partial charge is 0.464 e. The summed E-state index contributed by atoms with van der Waals surface area (Å²) < 4.78 is 6.58. The molecule has 4 aromatic rings. The van der Waals surface area contributed by atoms with Crippen molar-refractivity contribution in [1.82, 2.24) is 9.66 Å². The van der Waals surface area contributed by atoms with Gasteiger partial charge in [0.15, 0.2) is 0 Å². The number of rotatable bonds is 3. The average Bonchev–Trinajstić information content (AvgIpc) is 3.26. The number of thiophene rings is 1. The summed E-state index contributed by atoms with van der Waals surface area (Å²) in [6.45, 7) is 0. The first kappa shape index (κ1) is 16.1. The molecule has 0 saturated carbocycles. The first-order chi connectivity index (χ1) is 12.1.